The highest BCUT2D eigenvalue weighted by atomic mass is 16.4. The number of aliphatic imine (C=N–C) groups is 1. The molecule has 0 bridgehead atoms. The molecule has 0 spiro atoms. The van der Waals surface area contributed by atoms with Crippen molar-refractivity contribution in [3.8, 4) is 0 Å². The molecule has 0 aliphatic carbocycles. The zero-order chi connectivity index (χ0) is 12.1. The van der Waals surface area contributed by atoms with E-state index in [-0.39, 0.29) is 17.3 Å². The van der Waals surface area contributed by atoms with Crippen LogP contribution in [0.4, 0.5) is 0 Å². The first-order chi connectivity index (χ1) is 6.75. The first kappa shape index (κ1) is 13.7. The molecule has 0 fully saturated rings. The molecular formula is C10H21N3O2. The Morgan fingerprint density at radius 2 is 1.93 bits per heavy atom. The molecule has 0 aliphatic rings. The molecule has 0 aromatic carbocycles. The van der Waals surface area contributed by atoms with Gasteiger partial charge in [-0.05, 0) is 18.3 Å². The average Bonchev–Trinajstić information content (AvgIpc) is 1.99. The minimum atomic E-state index is -0.757. The van der Waals surface area contributed by atoms with Crippen LogP contribution < -0.4 is 11.5 Å². The molecule has 0 saturated heterocycles. The summed E-state index contributed by atoms with van der Waals surface area (Å²) in [4.78, 5) is 14.8. The van der Waals surface area contributed by atoms with Crippen molar-refractivity contribution in [2.75, 3.05) is 6.54 Å². The van der Waals surface area contributed by atoms with Gasteiger partial charge in [0.05, 0.1) is 5.92 Å². The van der Waals surface area contributed by atoms with Gasteiger partial charge in [0.15, 0.2) is 5.96 Å². The van der Waals surface area contributed by atoms with E-state index < -0.39 is 5.97 Å². The summed E-state index contributed by atoms with van der Waals surface area (Å²) in [5.41, 5.74) is 10.1. The number of aliphatic carboxylic acids is 1. The second-order valence-electron chi connectivity index (χ2n) is 4.71. The topological polar surface area (TPSA) is 102 Å². The van der Waals surface area contributed by atoms with Gasteiger partial charge in [0, 0.05) is 6.54 Å². The van der Waals surface area contributed by atoms with Gasteiger partial charge >= 0.3 is 5.97 Å². The van der Waals surface area contributed by atoms with Crippen molar-refractivity contribution >= 4 is 11.9 Å². The predicted molar refractivity (Wildman–Crippen MR) is 60.5 cm³/mol. The normalized spacial score (nSPS) is 13.3. The van der Waals surface area contributed by atoms with E-state index in [1.165, 1.54) is 0 Å². The molecule has 5 heteroatoms. The van der Waals surface area contributed by atoms with Crippen LogP contribution in [0.5, 0.6) is 0 Å². The lowest BCUT2D eigenvalue weighted by atomic mass is 9.78. The van der Waals surface area contributed by atoms with E-state index >= 15 is 0 Å². The van der Waals surface area contributed by atoms with E-state index in [4.69, 9.17) is 16.6 Å². The van der Waals surface area contributed by atoms with Crippen molar-refractivity contribution in [3.63, 3.8) is 0 Å². The number of carboxylic acid groups (broad SMARTS) is 1. The molecule has 0 rings (SSSR count). The van der Waals surface area contributed by atoms with Crippen LogP contribution in [0.25, 0.3) is 0 Å². The Kier molecular flexibility index (Phi) is 5.11. The van der Waals surface area contributed by atoms with Crippen molar-refractivity contribution in [2.24, 2.45) is 27.8 Å². The van der Waals surface area contributed by atoms with Crippen molar-refractivity contribution in [2.45, 2.75) is 33.6 Å². The van der Waals surface area contributed by atoms with Crippen LogP contribution in [0, 0.1) is 11.3 Å². The van der Waals surface area contributed by atoms with Gasteiger partial charge in [0.2, 0.25) is 0 Å². The van der Waals surface area contributed by atoms with Gasteiger partial charge in [0.25, 0.3) is 0 Å². The van der Waals surface area contributed by atoms with Crippen molar-refractivity contribution in [1.29, 1.82) is 0 Å². The van der Waals surface area contributed by atoms with Crippen LogP contribution in [0.15, 0.2) is 4.99 Å². The standard InChI is InChI=1S/C10H21N3O2/c1-10(2,3)7(8(14)15)5-4-6-13-9(11)12/h7H,4-6H2,1-3H3,(H,14,15)(H4,11,12,13). The quantitative estimate of drug-likeness (QED) is 0.358. The molecule has 1 unspecified atom stereocenters. The minimum Gasteiger partial charge on any atom is -0.481 e. The summed E-state index contributed by atoms with van der Waals surface area (Å²) in [7, 11) is 0. The minimum absolute atomic E-state index is 0.0534. The smallest absolute Gasteiger partial charge is 0.307 e. The molecule has 15 heavy (non-hydrogen) atoms. The highest BCUT2D eigenvalue weighted by molar-refractivity contribution is 5.75. The Morgan fingerprint density at radius 1 is 1.40 bits per heavy atom. The maximum Gasteiger partial charge on any atom is 0.307 e. The highest BCUT2D eigenvalue weighted by Crippen LogP contribution is 2.29. The second-order valence-corrected chi connectivity index (χ2v) is 4.71. The number of hydrogen-bond donors (Lipinski definition) is 3. The summed E-state index contributed by atoms with van der Waals surface area (Å²) < 4.78 is 0. The fourth-order valence-electron chi connectivity index (χ4n) is 1.43. The van der Waals surface area contributed by atoms with E-state index in [2.05, 4.69) is 4.99 Å². The molecular weight excluding hydrogens is 194 g/mol. The molecule has 0 aromatic heterocycles. The third kappa shape index (κ3) is 5.93. The number of hydrogen-bond acceptors (Lipinski definition) is 2. The summed E-state index contributed by atoms with van der Waals surface area (Å²) in [6, 6.07) is 0. The van der Waals surface area contributed by atoms with Gasteiger partial charge in [-0.3, -0.25) is 9.79 Å². The Labute approximate surface area is 90.6 Å². The number of guanidine groups is 1. The van der Waals surface area contributed by atoms with Gasteiger partial charge in [-0.25, -0.2) is 0 Å². The number of carbonyl (C=O) groups is 1. The van der Waals surface area contributed by atoms with Crippen LogP contribution >= 0.6 is 0 Å². The Hall–Kier alpha value is -1.26. The molecule has 0 aliphatic heterocycles. The average molecular weight is 215 g/mol. The fourth-order valence-corrected chi connectivity index (χ4v) is 1.43. The van der Waals surface area contributed by atoms with E-state index in [9.17, 15) is 4.79 Å². The molecule has 5 N–H and O–H groups in total. The Bertz CT molecular complexity index is 240. The number of nitrogens with two attached hydrogens (primary N) is 2. The van der Waals surface area contributed by atoms with Crippen LogP contribution in [-0.4, -0.2) is 23.6 Å². The molecule has 0 amide bonds. The summed E-state index contributed by atoms with van der Waals surface area (Å²) in [6.45, 7) is 6.26. The molecule has 5 nitrogen and oxygen atoms in total. The van der Waals surface area contributed by atoms with Crippen LogP contribution in [0.1, 0.15) is 33.6 Å². The van der Waals surface area contributed by atoms with Gasteiger partial charge < -0.3 is 16.6 Å². The van der Waals surface area contributed by atoms with Gasteiger partial charge in [-0.1, -0.05) is 20.8 Å². The summed E-state index contributed by atoms with van der Waals surface area (Å²) in [5.74, 6) is -1.06. The number of nitrogens with zero attached hydrogens (tertiary/aromatic N) is 1. The fraction of sp³-hybridized carbons (Fsp3) is 0.800. The van der Waals surface area contributed by atoms with Gasteiger partial charge in [0.1, 0.15) is 0 Å². The first-order valence-electron chi connectivity index (χ1n) is 5.03. The van der Waals surface area contributed by atoms with E-state index in [0.717, 1.165) is 0 Å². The number of rotatable bonds is 5. The maximum atomic E-state index is 11.0. The van der Waals surface area contributed by atoms with Gasteiger partial charge in [-0.15, -0.1) is 0 Å². The van der Waals surface area contributed by atoms with Crippen molar-refractivity contribution in [3.05, 3.63) is 0 Å². The maximum absolute atomic E-state index is 11.0. The largest absolute Gasteiger partial charge is 0.481 e. The summed E-state index contributed by atoms with van der Waals surface area (Å²) in [6.07, 6.45) is 1.28. The predicted octanol–water partition coefficient (Wildman–Crippen LogP) is 0.787. The first-order valence-corrected chi connectivity index (χ1v) is 5.03. The molecule has 0 saturated carbocycles. The Balaban J connectivity index is 4.11. The van der Waals surface area contributed by atoms with Crippen molar-refractivity contribution < 1.29 is 9.90 Å². The Morgan fingerprint density at radius 3 is 2.27 bits per heavy atom. The third-order valence-electron chi connectivity index (χ3n) is 2.29. The third-order valence-corrected chi connectivity index (χ3v) is 2.29. The lowest BCUT2D eigenvalue weighted by Crippen LogP contribution is -2.28. The SMILES string of the molecule is CC(C)(C)C(CCCN=C(N)N)C(=O)O. The van der Waals surface area contributed by atoms with Crippen LogP contribution in [0.3, 0.4) is 0 Å². The second kappa shape index (κ2) is 5.58. The molecule has 1 atom stereocenters. The lowest BCUT2D eigenvalue weighted by Gasteiger charge is -2.26. The summed E-state index contributed by atoms with van der Waals surface area (Å²) >= 11 is 0. The van der Waals surface area contributed by atoms with E-state index in [1.807, 2.05) is 20.8 Å². The highest BCUT2D eigenvalue weighted by Gasteiger charge is 2.30. The zero-order valence-electron chi connectivity index (χ0n) is 9.66. The van der Waals surface area contributed by atoms with Crippen LogP contribution in [-0.2, 0) is 4.79 Å². The van der Waals surface area contributed by atoms with E-state index in [0.29, 0.717) is 19.4 Å². The van der Waals surface area contributed by atoms with E-state index in [1.54, 1.807) is 0 Å². The monoisotopic (exact) mass is 215 g/mol. The molecule has 0 heterocycles. The molecule has 0 radical (unpaired) electrons. The molecule has 0 aromatic rings. The van der Waals surface area contributed by atoms with Gasteiger partial charge in [-0.2, -0.15) is 0 Å². The lowest BCUT2D eigenvalue weighted by molar-refractivity contribution is -0.145. The molecule has 88 valence electrons. The summed E-state index contributed by atoms with van der Waals surface area (Å²) in [5, 5.41) is 9.03. The van der Waals surface area contributed by atoms with Crippen LogP contribution in [0.2, 0.25) is 0 Å². The zero-order valence-corrected chi connectivity index (χ0v) is 9.66. The van der Waals surface area contributed by atoms with Crippen molar-refractivity contribution in [1.82, 2.24) is 0 Å². The number of carboxylic acids is 1.